The van der Waals surface area contributed by atoms with Crippen LogP contribution in [0.25, 0.3) is 0 Å². The van der Waals surface area contributed by atoms with E-state index in [-0.39, 0.29) is 5.82 Å². The summed E-state index contributed by atoms with van der Waals surface area (Å²) in [7, 11) is 0. The van der Waals surface area contributed by atoms with Crippen LogP contribution < -0.4 is 4.90 Å². The first kappa shape index (κ1) is 11.7. The first-order valence-corrected chi connectivity index (χ1v) is 6.12. The van der Waals surface area contributed by atoms with Gasteiger partial charge < -0.3 is 14.2 Å². The van der Waals surface area contributed by atoms with E-state index >= 15 is 0 Å². The van der Waals surface area contributed by atoms with Gasteiger partial charge in [-0.25, -0.2) is 4.39 Å². The predicted molar refractivity (Wildman–Crippen MR) is 63.4 cm³/mol. The highest BCUT2D eigenvalue weighted by molar-refractivity contribution is 7.92. The van der Waals surface area contributed by atoms with Crippen molar-refractivity contribution in [2.75, 3.05) is 31.2 Å². The molecular weight excluding hydrogens is 229 g/mol. The number of hydrogen-bond acceptors (Lipinski definition) is 4. The summed E-state index contributed by atoms with van der Waals surface area (Å²) in [6.45, 7) is 2.94. The van der Waals surface area contributed by atoms with Crippen LogP contribution in [0.5, 0.6) is 0 Å². The molecule has 1 heterocycles. The number of morpholine rings is 1. The molecule has 1 aliphatic rings. The minimum absolute atomic E-state index is 0.256. The number of benzene rings is 1. The summed E-state index contributed by atoms with van der Waals surface area (Å²) in [5, 5.41) is 0. The first-order valence-electron chi connectivity index (χ1n) is 5.18. The zero-order chi connectivity index (χ0) is 11.4. The monoisotopic (exact) mass is 243 g/mol. The Morgan fingerprint density at radius 3 is 2.75 bits per heavy atom. The standard InChI is InChI=1S/C11H14FNO2S/c12-10-5-9(8-16-14)6-11(7-10)13-1-3-15-4-2-13/h5-7,14H,1-4,8H2. The minimum atomic E-state index is -0.256. The quantitative estimate of drug-likeness (QED) is 0.826. The van der Waals surface area contributed by atoms with Gasteiger partial charge >= 0.3 is 0 Å². The molecule has 0 aromatic heterocycles. The van der Waals surface area contributed by atoms with E-state index in [9.17, 15) is 4.39 Å². The second-order valence-corrected chi connectivity index (χ2v) is 4.24. The van der Waals surface area contributed by atoms with Crippen LogP contribution in [0, 0.1) is 5.82 Å². The van der Waals surface area contributed by atoms with E-state index in [0.717, 1.165) is 24.3 Å². The minimum Gasteiger partial charge on any atom is -0.378 e. The molecule has 5 heteroatoms. The maximum atomic E-state index is 13.4. The van der Waals surface area contributed by atoms with E-state index in [2.05, 4.69) is 4.90 Å². The van der Waals surface area contributed by atoms with Gasteiger partial charge in [0.05, 0.1) is 13.2 Å². The van der Waals surface area contributed by atoms with E-state index in [1.807, 2.05) is 6.07 Å². The van der Waals surface area contributed by atoms with Crippen molar-refractivity contribution in [2.24, 2.45) is 0 Å². The fraction of sp³-hybridized carbons (Fsp3) is 0.455. The normalized spacial score (nSPS) is 16.5. The summed E-state index contributed by atoms with van der Waals surface area (Å²) in [5.74, 6) is 0.155. The number of anilines is 1. The second-order valence-electron chi connectivity index (χ2n) is 3.69. The predicted octanol–water partition coefficient (Wildman–Crippen LogP) is 2.37. The van der Waals surface area contributed by atoms with Crippen LogP contribution in [0.2, 0.25) is 0 Å². The van der Waals surface area contributed by atoms with Crippen LogP contribution >= 0.6 is 12.0 Å². The van der Waals surface area contributed by atoms with Crippen LogP contribution in [0.3, 0.4) is 0 Å². The molecule has 0 bridgehead atoms. The second kappa shape index (κ2) is 5.52. The summed E-state index contributed by atoms with van der Waals surface area (Å²) < 4.78 is 27.4. The molecule has 0 spiro atoms. The molecule has 1 fully saturated rings. The van der Waals surface area contributed by atoms with E-state index < -0.39 is 0 Å². The fourth-order valence-electron chi connectivity index (χ4n) is 1.80. The molecule has 1 aromatic rings. The molecule has 88 valence electrons. The Labute approximate surface area is 98.4 Å². The zero-order valence-corrected chi connectivity index (χ0v) is 9.67. The molecule has 0 aliphatic carbocycles. The van der Waals surface area contributed by atoms with Crippen molar-refractivity contribution in [1.82, 2.24) is 0 Å². The third-order valence-corrected chi connectivity index (χ3v) is 3.01. The molecule has 0 atom stereocenters. The Morgan fingerprint density at radius 1 is 1.31 bits per heavy atom. The third-order valence-electron chi connectivity index (χ3n) is 2.55. The maximum Gasteiger partial charge on any atom is 0.125 e. The van der Waals surface area contributed by atoms with Gasteiger partial charge in [-0.05, 0) is 35.8 Å². The van der Waals surface area contributed by atoms with Gasteiger partial charge in [-0.3, -0.25) is 0 Å². The van der Waals surface area contributed by atoms with Crippen LogP contribution in [0.4, 0.5) is 10.1 Å². The molecule has 0 radical (unpaired) electrons. The van der Waals surface area contributed by atoms with Gasteiger partial charge in [0.2, 0.25) is 0 Å². The third kappa shape index (κ3) is 2.87. The van der Waals surface area contributed by atoms with E-state index in [1.165, 1.54) is 12.1 Å². The molecular formula is C11H14FNO2S. The Bertz CT molecular complexity index is 356. The van der Waals surface area contributed by atoms with Gasteiger partial charge in [-0.1, -0.05) is 0 Å². The molecule has 2 rings (SSSR count). The van der Waals surface area contributed by atoms with Crippen molar-refractivity contribution in [2.45, 2.75) is 5.75 Å². The zero-order valence-electron chi connectivity index (χ0n) is 8.86. The van der Waals surface area contributed by atoms with Crippen LogP contribution in [-0.2, 0) is 10.5 Å². The van der Waals surface area contributed by atoms with Crippen LogP contribution in [0.15, 0.2) is 18.2 Å². The van der Waals surface area contributed by atoms with Gasteiger partial charge in [0, 0.05) is 24.5 Å². The van der Waals surface area contributed by atoms with Crippen molar-refractivity contribution in [3.8, 4) is 0 Å². The van der Waals surface area contributed by atoms with Gasteiger partial charge in [0.25, 0.3) is 0 Å². The summed E-state index contributed by atoms with van der Waals surface area (Å²) >= 11 is 0.709. The molecule has 1 aliphatic heterocycles. The lowest BCUT2D eigenvalue weighted by Gasteiger charge is -2.29. The molecule has 3 nitrogen and oxygen atoms in total. The molecule has 1 aromatic carbocycles. The van der Waals surface area contributed by atoms with Crippen molar-refractivity contribution >= 4 is 17.7 Å². The summed E-state index contributed by atoms with van der Waals surface area (Å²) in [4.78, 5) is 2.10. The number of nitrogens with zero attached hydrogens (tertiary/aromatic N) is 1. The van der Waals surface area contributed by atoms with Gasteiger partial charge in [-0.2, -0.15) is 0 Å². The Balaban J connectivity index is 2.18. The fourth-order valence-corrected chi connectivity index (χ4v) is 2.11. The summed E-state index contributed by atoms with van der Waals surface area (Å²) in [5.41, 5.74) is 1.67. The summed E-state index contributed by atoms with van der Waals surface area (Å²) in [6, 6.07) is 4.89. The molecule has 0 amide bonds. The van der Waals surface area contributed by atoms with E-state index in [1.54, 1.807) is 0 Å². The molecule has 0 saturated carbocycles. The maximum absolute atomic E-state index is 13.4. The SMILES string of the molecule is OSCc1cc(F)cc(N2CCOCC2)c1. The highest BCUT2D eigenvalue weighted by atomic mass is 32.2. The van der Waals surface area contributed by atoms with E-state index in [0.29, 0.717) is 31.0 Å². The van der Waals surface area contributed by atoms with Crippen molar-refractivity contribution < 1.29 is 13.7 Å². The topological polar surface area (TPSA) is 32.7 Å². The summed E-state index contributed by atoms with van der Waals surface area (Å²) in [6.07, 6.45) is 0. The van der Waals surface area contributed by atoms with Gasteiger partial charge in [0.1, 0.15) is 5.82 Å². The highest BCUT2D eigenvalue weighted by Crippen LogP contribution is 2.21. The Hall–Kier alpha value is -0.780. The molecule has 0 unspecified atom stereocenters. The Kier molecular flexibility index (Phi) is 4.04. The highest BCUT2D eigenvalue weighted by Gasteiger charge is 2.12. The lowest BCUT2D eigenvalue weighted by molar-refractivity contribution is 0.122. The largest absolute Gasteiger partial charge is 0.378 e. The smallest absolute Gasteiger partial charge is 0.125 e. The number of rotatable bonds is 3. The average Bonchev–Trinajstić information content (AvgIpc) is 2.30. The van der Waals surface area contributed by atoms with Crippen molar-refractivity contribution in [3.63, 3.8) is 0 Å². The lowest BCUT2D eigenvalue weighted by atomic mass is 10.2. The molecule has 1 saturated heterocycles. The van der Waals surface area contributed by atoms with Gasteiger partial charge in [0.15, 0.2) is 0 Å². The van der Waals surface area contributed by atoms with Crippen LogP contribution in [-0.4, -0.2) is 30.9 Å². The Morgan fingerprint density at radius 2 is 2.06 bits per heavy atom. The number of ether oxygens (including phenoxy) is 1. The van der Waals surface area contributed by atoms with E-state index in [4.69, 9.17) is 9.29 Å². The lowest BCUT2D eigenvalue weighted by Crippen LogP contribution is -2.36. The van der Waals surface area contributed by atoms with Crippen molar-refractivity contribution in [1.29, 1.82) is 0 Å². The number of halogens is 1. The number of hydrogen-bond donors (Lipinski definition) is 1. The van der Waals surface area contributed by atoms with Gasteiger partial charge in [-0.15, -0.1) is 0 Å². The molecule has 16 heavy (non-hydrogen) atoms. The molecule has 1 N–H and O–H groups in total. The first-order chi connectivity index (χ1) is 7.79. The van der Waals surface area contributed by atoms with Crippen LogP contribution in [0.1, 0.15) is 5.56 Å². The van der Waals surface area contributed by atoms with Crippen molar-refractivity contribution in [3.05, 3.63) is 29.6 Å². The average molecular weight is 243 g/mol.